The molecule has 2 atom stereocenters. The molecular formula is C23H31N5O3. The lowest BCUT2D eigenvalue weighted by Gasteiger charge is -2.34. The zero-order chi connectivity index (χ0) is 21.5. The molecule has 0 saturated carbocycles. The van der Waals surface area contributed by atoms with Crippen molar-refractivity contribution in [1.29, 1.82) is 0 Å². The van der Waals surface area contributed by atoms with Gasteiger partial charge in [-0.25, -0.2) is 0 Å². The number of nitrogens with zero attached hydrogens (tertiary/aromatic N) is 3. The molecule has 0 spiro atoms. The van der Waals surface area contributed by atoms with Gasteiger partial charge in [0.1, 0.15) is 6.04 Å². The van der Waals surface area contributed by atoms with E-state index in [9.17, 15) is 14.4 Å². The average molecular weight is 426 g/mol. The van der Waals surface area contributed by atoms with Gasteiger partial charge in [0.05, 0.1) is 0 Å². The minimum Gasteiger partial charge on any atom is -0.328 e. The summed E-state index contributed by atoms with van der Waals surface area (Å²) in [6.45, 7) is 5.40. The molecule has 4 heterocycles. The maximum absolute atomic E-state index is 13.3. The van der Waals surface area contributed by atoms with Gasteiger partial charge in [0.15, 0.2) is 0 Å². The summed E-state index contributed by atoms with van der Waals surface area (Å²) in [5.41, 5.74) is 8.83. The Hall–Kier alpha value is -2.29. The molecule has 4 aliphatic rings. The van der Waals surface area contributed by atoms with Crippen LogP contribution in [0.3, 0.4) is 0 Å². The fourth-order valence-electron chi connectivity index (χ4n) is 5.60. The fraction of sp³-hybridized carbons (Fsp3) is 0.609. The molecule has 3 N–H and O–H groups in total. The number of hydrogen-bond donors (Lipinski definition) is 2. The summed E-state index contributed by atoms with van der Waals surface area (Å²) < 4.78 is 0. The van der Waals surface area contributed by atoms with E-state index in [0.717, 1.165) is 68.7 Å². The van der Waals surface area contributed by atoms with Crippen molar-refractivity contribution in [3.63, 3.8) is 0 Å². The van der Waals surface area contributed by atoms with Crippen LogP contribution in [0.2, 0.25) is 0 Å². The van der Waals surface area contributed by atoms with E-state index in [1.54, 1.807) is 4.90 Å². The highest BCUT2D eigenvalue weighted by molar-refractivity contribution is 6.05. The maximum Gasteiger partial charge on any atom is 0.255 e. The molecule has 31 heavy (non-hydrogen) atoms. The van der Waals surface area contributed by atoms with Crippen molar-refractivity contribution in [2.45, 2.75) is 63.3 Å². The van der Waals surface area contributed by atoms with Crippen molar-refractivity contribution in [2.75, 3.05) is 26.2 Å². The fourth-order valence-corrected chi connectivity index (χ4v) is 5.60. The topological polar surface area (TPSA) is 99.0 Å². The predicted molar refractivity (Wildman–Crippen MR) is 115 cm³/mol. The summed E-state index contributed by atoms with van der Waals surface area (Å²) >= 11 is 0. The molecule has 3 saturated heterocycles. The molecule has 8 heteroatoms. The molecule has 0 aliphatic carbocycles. The third-order valence-corrected chi connectivity index (χ3v) is 7.37. The molecule has 1 aromatic carbocycles. The molecule has 3 amide bonds. The number of nitrogens with two attached hydrogens (primary N) is 1. The Bertz CT molecular complexity index is 895. The van der Waals surface area contributed by atoms with Crippen LogP contribution in [0.1, 0.15) is 53.6 Å². The average Bonchev–Trinajstić information content (AvgIpc) is 3.34. The highest BCUT2D eigenvalue weighted by Crippen LogP contribution is 2.31. The zero-order valence-corrected chi connectivity index (χ0v) is 17.9. The standard InChI is InChI=1S/C23H31N5O3/c24-17-6-10-27(11-7-17)18-8-9-26(14-18)12-15-2-1-3-16-13-28(23(31)21(15)16)19-4-5-20(29)25-22(19)30/h1-3,17-19H,4-14,24H2,(H,25,29,30). The van der Waals surface area contributed by atoms with Crippen molar-refractivity contribution in [3.8, 4) is 0 Å². The van der Waals surface area contributed by atoms with Crippen molar-refractivity contribution in [3.05, 3.63) is 34.9 Å². The second-order valence-electron chi connectivity index (χ2n) is 9.40. The maximum atomic E-state index is 13.3. The number of piperidine rings is 2. The van der Waals surface area contributed by atoms with E-state index in [-0.39, 0.29) is 24.1 Å². The minimum atomic E-state index is -0.563. The minimum absolute atomic E-state index is 0.0825. The number of nitrogens with one attached hydrogen (secondary N) is 1. The molecule has 5 rings (SSSR count). The highest BCUT2D eigenvalue weighted by atomic mass is 16.2. The lowest BCUT2D eigenvalue weighted by molar-refractivity contribution is -0.136. The normalized spacial score (nSPS) is 28.3. The van der Waals surface area contributed by atoms with Crippen LogP contribution in [0.15, 0.2) is 18.2 Å². The molecular weight excluding hydrogens is 394 g/mol. The van der Waals surface area contributed by atoms with Crippen LogP contribution < -0.4 is 11.1 Å². The molecule has 0 aromatic heterocycles. The number of carbonyl (C=O) groups is 3. The Balaban J connectivity index is 1.26. The van der Waals surface area contributed by atoms with Crippen molar-refractivity contribution < 1.29 is 14.4 Å². The first-order valence-corrected chi connectivity index (χ1v) is 11.5. The van der Waals surface area contributed by atoms with Crippen LogP contribution in [0, 0.1) is 0 Å². The number of likely N-dealkylation sites (tertiary alicyclic amines) is 2. The van der Waals surface area contributed by atoms with Crippen molar-refractivity contribution in [1.82, 2.24) is 20.0 Å². The number of benzene rings is 1. The summed E-state index contributed by atoms with van der Waals surface area (Å²) in [6.07, 6.45) is 3.98. The van der Waals surface area contributed by atoms with E-state index in [1.807, 2.05) is 18.2 Å². The van der Waals surface area contributed by atoms with Crippen molar-refractivity contribution >= 4 is 17.7 Å². The van der Waals surface area contributed by atoms with Crippen LogP contribution in [-0.4, -0.2) is 76.7 Å². The Morgan fingerprint density at radius 3 is 2.61 bits per heavy atom. The SMILES string of the molecule is NC1CCN(C2CCN(Cc3cccc4c3C(=O)N(C3CCC(=O)NC3=O)C4)C2)CC1. The van der Waals surface area contributed by atoms with Gasteiger partial charge in [0.2, 0.25) is 11.8 Å². The second kappa shape index (κ2) is 8.33. The van der Waals surface area contributed by atoms with E-state index >= 15 is 0 Å². The Morgan fingerprint density at radius 2 is 1.84 bits per heavy atom. The number of amides is 3. The van der Waals surface area contributed by atoms with Gasteiger partial charge >= 0.3 is 0 Å². The lowest BCUT2D eigenvalue weighted by atomic mass is 10.0. The first-order chi connectivity index (χ1) is 15.0. The van der Waals surface area contributed by atoms with Crippen LogP contribution in [0.5, 0.6) is 0 Å². The largest absolute Gasteiger partial charge is 0.328 e. The number of fused-ring (bicyclic) bond motifs is 1. The number of carbonyl (C=O) groups excluding carboxylic acids is 3. The highest BCUT2D eigenvalue weighted by Gasteiger charge is 2.40. The molecule has 1 aromatic rings. The van der Waals surface area contributed by atoms with E-state index < -0.39 is 6.04 Å². The first-order valence-electron chi connectivity index (χ1n) is 11.5. The number of hydrogen-bond acceptors (Lipinski definition) is 6. The molecule has 0 radical (unpaired) electrons. The molecule has 3 fully saturated rings. The molecule has 4 aliphatic heterocycles. The third kappa shape index (κ3) is 4.00. The second-order valence-corrected chi connectivity index (χ2v) is 9.40. The van der Waals surface area contributed by atoms with Crippen LogP contribution in [0.25, 0.3) is 0 Å². The van der Waals surface area contributed by atoms with E-state index in [4.69, 9.17) is 5.73 Å². The summed E-state index contributed by atoms with van der Waals surface area (Å²) in [4.78, 5) is 43.7. The summed E-state index contributed by atoms with van der Waals surface area (Å²) in [6, 6.07) is 6.38. The lowest BCUT2D eigenvalue weighted by Crippen LogP contribution is -2.52. The number of rotatable bonds is 4. The zero-order valence-electron chi connectivity index (χ0n) is 17.9. The van der Waals surface area contributed by atoms with E-state index in [1.165, 1.54) is 0 Å². The van der Waals surface area contributed by atoms with Crippen molar-refractivity contribution in [2.24, 2.45) is 5.73 Å². The molecule has 2 unspecified atom stereocenters. The summed E-state index contributed by atoms with van der Waals surface area (Å²) in [7, 11) is 0. The summed E-state index contributed by atoms with van der Waals surface area (Å²) in [5, 5.41) is 2.37. The summed E-state index contributed by atoms with van der Waals surface area (Å²) in [5.74, 6) is -0.700. The Morgan fingerprint density at radius 1 is 1.03 bits per heavy atom. The quantitative estimate of drug-likeness (QED) is 0.680. The Kier molecular flexibility index (Phi) is 5.54. The van der Waals surface area contributed by atoms with Crippen LogP contribution in [0.4, 0.5) is 0 Å². The monoisotopic (exact) mass is 425 g/mol. The van der Waals surface area contributed by atoms with Gasteiger partial charge in [0, 0.05) is 50.2 Å². The van der Waals surface area contributed by atoms with Gasteiger partial charge < -0.3 is 10.6 Å². The third-order valence-electron chi connectivity index (χ3n) is 7.37. The van der Waals surface area contributed by atoms with Gasteiger partial charge in [-0.05, 0) is 49.9 Å². The predicted octanol–water partition coefficient (Wildman–Crippen LogP) is 0.445. The smallest absolute Gasteiger partial charge is 0.255 e. The van der Waals surface area contributed by atoms with Gasteiger partial charge in [-0.2, -0.15) is 0 Å². The van der Waals surface area contributed by atoms with Gasteiger partial charge in [0.25, 0.3) is 5.91 Å². The van der Waals surface area contributed by atoms with E-state index in [2.05, 4.69) is 15.1 Å². The first kappa shape index (κ1) is 20.6. The molecule has 8 nitrogen and oxygen atoms in total. The van der Waals surface area contributed by atoms with Gasteiger partial charge in [-0.1, -0.05) is 18.2 Å². The molecule has 0 bridgehead atoms. The van der Waals surface area contributed by atoms with E-state index in [0.29, 0.717) is 25.0 Å². The van der Waals surface area contributed by atoms with Gasteiger partial charge in [-0.3, -0.25) is 29.5 Å². The number of imide groups is 1. The van der Waals surface area contributed by atoms with Gasteiger partial charge in [-0.15, -0.1) is 0 Å². The van der Waals surface area contributed by atoms with Crippen LogP contribution >= 0.6 is 0 Å². The van der Waals surface area contributed by atoms with Crippen LogP contribution in [-0.2, 0) is 22.7 Å². The molecule has 166 valence electrons. The Labute approximate surface area is 182 Å².